The molecule has 136 valence electrons. The van der Waals surface area contributed by atoms with Crippen LogP contribution in [0.2, 0.25) is 0 Å². The Morgan fingerprint density at radius 1 is 1.42 bits per heavy atom. The first-order chi connectivity index (χ1) is 12.2. The Morgan fingerprint density at radius 3 is 2.62 bits per heavy atom. The number of nitrogens with one attached hydrogen (secondary N) is 2. The first kappa shape index (κ1) is 19.3. The summed E-state index contributed by atoms with van der Waals surface area (Å²) in [5.74, 6) is -0.933. The van der Waals surface area contributed by atoms with Gasteiger partial charge in [0.05, 0.1) is 17.8 Å². The second-order valence-electron chi connectivity index (χ2n) is 5.51. The first-order valence-electron chi connectivity index (χ1n) is 7.47. The lowest BCUT2D eigenvalue weighted by Gasteiger charge is -2.16. The molecule has 0 saturated heterocycles. The number of H-pyrrole nitrogens is 1. The van der Waals surface area contributed by atoms with Gasteiger partial charge in [-0.05, 0) is 35.0 Å². The minimum absolute atomic E-state index is 0.0326. The number of nitrogens with zero attached hydrogens (tertiary/aromatic N) is 3. The maximum atomic E-state index is 12.5. The number of benzene rings is 1. The highest BCUT2D eigenvalue weighted by atomic mass is 79.9. The zero-order valence-corrected chi connectivity index (χ0v) is 15.8. The molecule has 0 unspecified atom stereocenters. The summed E-state index contributed by atoms with van der Waals surface area (Å²) in [6.45, 7) is 9.09. The Kier molecular flexibility index (Phi) is 5.52. The van der Waals surface area contributed by atoms with Crippen LogP contribution in [0.5, 0.6) is 5.75 Å². The van der Waals surface area contributed by atoms with Crippen LogP contribution in [0.15, 0.2) is 26.2 Å². The van der Waals surface area contributed by atoms with Crippen molar-refractivity contribution in [1.82, 2.24) is 14.7 Å². The lowest BCUT2D eigenvalue weighted by Crippen LogP contribution is -2.31. The monoisotopic (exact) mass is 421 g/mol. The van der Waals surface area contributed by atoms with Crippen LogP contribution in [-0.2, 0) is 6.54 Å². The number of halogens is 1. The molecule has 0 radical (unpaired) electrons. The van der Waals surface area contributed by atoms with Crippen LogP contribution >= 0.6 is 15.9 Å². The van der Waals surface area contributed by atoms with Crippen LogP contribution in [0.4, 0.5) is 17.1 Å². The number of aromatic hydroxyl groups is 1. The summed E-state index contributed by atoms with van der Waals surface area (Å²) in [5.41, 5.74) is -1.23. The van der Waals surface area contributed by atoms with Crippen molar-refractivity contribution in [3.8, 4) is 5.75 Å². The molecule has 0 aliphatic rings. The fourth-order valence-electron chi connectivity index (χ4n) is 2.21. The van der Waals surface area contributed by atoms with Crippen molar-refractivity contribution in [3.63, 3.8) is 0 Å². The van der Waals surface area contributed by atoms with E-state index in [0.29, 0.717) is 0 Å². The molecule has 1 amide bonds. The molecule has 1 aromatic carbocycles. The molecule has 3 N–H and O–H groups in total. The fourth-order valence-corrected chi connectivity index (χ4v) is 2.57. The predicted molar refractivity (Wildman–Crippen MR) is 100 cm³/mol. The van der Waals surface area contributed by atoms with E-state index in [-0.39, 0.29) is 33.6 Å². The molecule has 0 aliphatic carbocycles. The number of carbonyl (C=O) groups is 1. The number of aromatic nitrogens is 2. The average Bonchev–Trinajstić information content (AvgIpc) is 2.62. The lowest BCUT2D eigenvalue weighted by atomic mass is 10.1. The number of amides is 1. The molecular formula is C16H16BrN5O4. The first-order valence-corrected chi connectivity index (χ1v) is 8.26. The van der Waals surface area contributed by atoms with Crippen LogP contribution in [0.1, 0.15) is 17.3 Å². The number of carbonyl (C=O) groups excluding carboxylic acids is 1. The Hall–Kier alpha value is -3.06. The molecule has 1 heterocycles. The molecule has 0 spiro atoms. The quantitative estimate of drug-likeness (QED) is 0.516. The highest BCUT2D eigenvalue weighted by molar-refractivity contribution is 9.10. The molecule has 0 atom stereocenters. The highest BCUT2D eigenvalue weighted by Crippen LogP contribution is 2.35. The summed E-state index contributed by atoms with van der Waals surface area (Å²) < 4.78 is 1.04. The van der Waals surface area contributed by atoms with E-state index in [0.717, 1.165) is 4.68 Å². The van der Waals surface area contributed by atoms with E-state index in [1.165, 1.54) is 31.1 Å². The zero-order chi connectivity index (χ0) is 19.6. The van der Waals surface area contributed by atoms with Crippen LogP contribution < -0.4 is 16.4 Å². The number of aromatic amines is 1. The summed E-state index contributed by atoms with van der Waals surface area (Å²) in [6, 6.07) is 2.55. The van der Waals surface area contributed by atoms with Crippen molar-refractivity contribution in [2.24, 2.45) is 0 Å². The number of phenols is 1. The van der Waals surface area contributed by atoms with Crippen molar-refractivity contribution in [2.45, 2.75) is 13.5 Å². The van der Waals surface area contributed by atoms with Crippen LogP contribution in [0.25, 0.3) is 4.85 Å². The minimum Gasteiger partial charge on any atom is -0.505 e. The second kappa shape index (κ2) is 7.45. The molecule has 0 saturated carbocycles. The van der Waals surface area contributed by atoms with E-state index in [1.54, 1.807) is 6.92 Å². The second-order valence-corrected chi connectivity index (χ2v) is 6.30. The zero-order valence-electron chi connectivity index (χ0n) is 14.3. The van der Waals surface area contributed by atoms with E-state index < -0.39 is 22.8 Å². The maximum absolute atomic E-state index is 12.5. The van der Waals surface area contributed by atoms with Gasteiger partial charge in [0.2, 0.25) is 0 Å². The molecule has 26 heavy (non-hydrogen) atoms. The summed E-state index contributed by atoms with van der Waals surface area (Å²) in [7, 11) is 3.01. The lowest BCUT2D eigenvalue weighted by molar-refractivity contribution is 0.0825. The van der Waals surface area contributed by atoms with Gasteiger partial charge in [0.1, 0.15) is 15.9 Å². The minimum atomic E-state index is -0.542. The summed E-state index contributed by atoms with van der Waals surface area (Å²) in [5, 5.41) is 15.5. The third-order valence-corrected chi connectivity index (χ3v) is 4.31. The van der Waals surface area contributed by atoms with Gasteiger partial charge >= 0.3 is 0 Å². The molecule has 0 fully saturated rings. The Bertz CT molecular complexity index is 1030. The van der Waals surface area contributed by atoms with Crippen molar-refractivity contribution >= 4 is 38.9 Å². The van der Waals surface area contributed by atoms with Crippen LogP contribution in [0, 0.1) is 6.57 Å². The van der Waals surface area contributed by atoms with Gasteiger partial charge in [-0.25, -0.2) is 9.53 Å². The third kappa shape index (κ3) is 3.48. The van der Waals surface area contributed by atoms with Gasteiger partial charge in [0.25, 0.3) is 17.0 Å². The molecule has 0 bridgehead atoms. The van der Waals surface area contributed by atoms with Crippen molar-refractivity contribution in [3.05, 3.63) is 54.3 Å². The Labute approximate surface area is 156 Å². The number of phenolic OH excluding ortho intramolecular Hbond substituents is 1. The van der Waals surface area contributed by atoms with Gasteiger partial charge in [-0.2, -0.15) is 0 Å². The molecule has 0 aliphatic heterocycles. The predicted octanol–water partition coefficient (Wildman–Crippen LogP) is 2.02. The van der Waals surface area contributed by atoms with Gasteiger partial charge in [-0.1, -0.05) is 0 Å². The molecule has 2 aromatic rings. The van der Waals surface area contributed by atoms with Crippen molar-refractivity contribution in [2.75, 3.05) is 19.4 Å². The van der Waals surface area contributed by atoms with E-state index >= 15 is 0 Å². The summed E-state index contributed by atoms with van der Waals surface area (Å²) in [4.78, 5) is 41.2. The van der Waals surface area contributed by atoms with Crippen LogP contribution in [0.3, 0.4) is 0 Å². The highest BCUT2D eigenvalue weighted by Gasteiger charge is 2.20. The smallest absolute Gasteiger partial charge is 0.290 e. The summed E-state index contributed by atoms with van der Waals surface area (Å²) >= 11 is 3.05. The standard InChI is InChI=1S/C16H16BrN5O4/c1-5-22-16(26)12(11(17)14(24)20-22)19-10-7-8(18-2)6-9(13(10)23)15(25)21(3)4/h6-7,19,23H,5H2,1,3-4H3,(H,20,24). The van der Waals surface area contributed by atoms with Crippen molar-refractivity contribution < 1.29 is 9.90 Å². The maximum Gasteiger partial charge on any atom is 0.290 e. The molecule has 2 rings (SSSR count). The van der Waals surface area contributed by atoms with Gasteiger partial charge in [0, 0.05) is 20.6 Å². The Balaban J connectivity index is 2.69. The number of anilines is 2. The summed E-state index contributed by atoms with van der Waals surface area (Å²) in [6.07, 6.45) is 0. The number of aryl methyl sites for hydroxylation is 1. The van der Waals surface area contributed by atoms with E-state index in [9.17, 15) is 19.5 Å². The fraction of sp³-hybridized carbons (Fsp3) is 0.250. The van der Waals surface area contributed by atoms with Gasteiger partial charge < -0.3 is 15.3 Å². The van der Waals surface area contributed by atoms with E-state index in [2.05, 4.69) is 31.2 Å². The van der Waals surface area contributed by atoms with Gasteiger partial charge in [-0.15, -0.1) is 0 Å². The normalized spacial score (nSPS) is 10.3. The Morgan fingerprint density at radius 2 is 2.08 bits per heavy atom. The molecule has 10 heteroatoms. The van der Waals surface area contributed by atoms with Crippen molar-refractivity contribution in [1.29, 1.82) is 0 Å². The van der Waals surface area contributed by atoms with E-state index in [4.69, 9.17) is 6.57 Å². The van der Waals surface area contributed by atoms with Gasteiger partial charge in [0.15, 0.2) is 5.69 Å². The molecular weight excluding hydrogens is 406 g/mol. The third-order valence-electron chi connectivity index (χ3n) is 3.55. The molecule has 1 aromatic heterocycles. The largest absolute Gasteiger partial charge is 0.505 e. The SMILES string of the molecule is [C-]#[N+]c1cc(Nc2c(Br)c(=O)[nH]n(CC)c2=O)c(O)c(C(=O)N(C)C)c1. The number of hydrogen-bond donors (Lipinski definition) is 3. The topological polar surface area (TPSA) is 112 Å². The van der Waals surface area contributed by atoms with Crippen LogP contribution in [-0.4, -0.2) is 39.8 Å². The average molecular weight is 422 g/mol. The number of rotatable bonds is 4. The molecule has 9 nitrogen and oxygen atoms in total. The number of hydrogen-bond acceptors (Lipinski definition) is 5. The van der Waals surface area contributed by atoms with Gasteiger partial charge in [-0.3, -0.25) is 19.5 Å². The van der Waals surface area contributed by atoms with E-state index in [1.807, 2.05) is 0 Å².